The maximum absolute atomic E-state index is 12.1. The minimum absolute atomic E-state index is 0.105. The summed E-state index contributed by atoms with van der Waals surface area (Å²) in [4.78, 5) is 12.1. The van der Waals surface area contributed by atoms with Crippen molar-refractivity contribution < 1.29 is 19.0 Å². The molecule has 1 heterocycles. The molecule has 126 valence electrons. The van der Waals surface area contributed by atoms with Crippen LogP contribution in [0.4, 0.5) is 5.69 Å². The summed E-state index contributed by atoms with van der Waals surface area (Å²) in [5.74, 6) is 1.61. The first-order valence-electron chi connectivity index (χ1n) is 7.31. The number of nitrogens with one attached hydrogen (secondary N) is 1. The van der Waals surface area contributed by atoms with E-state index in [0.717, 1.165) is 14.5 Å². The SMILES string of the molecule is Cc1cc(Br)c(NC(=O)COc2ccc3c(c2)OCCO3)c(Br)c1. The summed E-state index contributed by atoms with van der Waals surface area (Å²) in [6.45, 7) is 2.92. The van der Waals surface area contributed by atoms with Gasteiger partial charge < -0.3 is 19.5 Å². The molecule has 0 saturated heterocycles. The van der Waals surface area contributed by atoms with Crippen LogP contribution in [0.2, 0.25) is 0 Å². The number of halogens is 2. The Hall–Kier alpha value is -1.73. The molecule has 7 heteroatoms. The van der Waals surface area contributed by atoms with Crippen molar-refractivity contribution in [3.63, 3.8) is 0 Å². The lowest BCUT2D eigenvalue weighted by Gasteiger charge is -2.19. The van der Waals surface area contributed by atoms with Crippen LogP contribution in [0, 0.1) is 6.92 Å². The molecule has 3 rings (SSSR count). The molecule has 0 bridgehead atoms. The first-order chi connectivity index (χ1) is 11.5. The van der Waals surface area contributed by atoms with Gasteiger partial charge in [0.1, 0.15) is 19.0 Å². The normalized spacial score (nSPS) is 12.6. The van der Waals surface area contributed by atoms with E-state index in [0.29, 0.717) is 36.1 Å². The van der Waals surface area contributed by atoms with Gasteiger partial charge in [-0.2, -0.15) is 0 Å². The van der Waals surface area contributed by atoms with Crippen LogP contribution in [-0.4, -0.2) is 25.7 Å². The zero-order valence-electron chi connectivity index (χ0n) is 12.9. The van der Waals surface area contributed by atoms with Crippen molar-refractivity contribution in [1.82, 2.24) is 0 Å². The lowest BCUT2D eigenvalue weighted by atomic mass is 10.2. The molecule has 0 spiro atoms. The first kappa shape index (κ1) is 17.1. The fraction of sp³-hybridized carbons (Fsp3) is 0.235. The molecule has 0 unspecified atom stereocenters. The third-order valence-electron chi connectivity index (χ3n) is 3.33. The lowest BCUT2D eigenvalue weighted by molar-refractivity contribution is -0.118. The molecule has 1 amide bonds. The van der Waals surface area contributed by atoms with Crippen molar-refractivity contribution in [2.24, 2.45) is 0 Å². The second-order valence-electron chi connectivity index (χ2n) is 5.25. The van der Waals surface area contributed by atoms with Gasteiger partial charge in [-0.05, 0) is 68.6 Å². The quantitative estimate of drug-likeness (QED) is 0.744. The van der Waals surface area contributed by atoms with E-state index in [1.54, 1.807) is 18.2 Å². The molecule has 0 radical (unpaired) electrons. The molecule has 24 heavy (non-hydrogen) atoms. The van der Waals surface area contributed by atoms with Gasteiger partial charge in [0, 0.05) is 15.0 Å². The van der Waals surface area contributed by atoms with E-state index < -0.39 is 0 Å². The maximum atomic E-state index is 12.1. The smallest absolute Gasteiger partial charge is 0.262 e. The number of ether oxygens (including phenoxy) is 3. The molecule has 2 aromatic carbocycles. The average molecular weight is 457 g/mol. The largest absolute Gasteiger partial charge is 0.486 e. The minimum atomic E-state index is -0.254. The Morgan fingerprint density at radius 2 is 1.79 bits per heavy atom. The topological polar surface area (TPSA) is 56.8 Å². The molecular weight excluding hydrogens is 442 g/mol. The van der Waals surface area contributed by atoms with Crippen LogP contribution in [0.3, 0.4) is 0 Å². The van der Waals surface area contributed by atoms with Crippen LogP contribution in [0.15, 0.2) is 39.3 Å². The lowest BCUT2D eigenvalue weighted by Crippen LogP contribution is -2.21. The number of hydrogen-bond donors (Lipinski definition) is 1. The first-order valence-corrected chi connectivity index (χ1v) is 8.89. The monoisotopic (exact) mass is 455 g/mol. The summed E-state index contributed by atoms with van der Waals surface area (Å²) in [5.41, 5.74) is 1.76. The van der Waals surface area contributed by atoms with Crippen molar-refractivity contribution in [2.45, 2.75) is 6.92 Å². The Morgan fingerprint density at radius 1 is 1.12 bits per heavy atom. The second kappa shape index (κ2) is 7.44. The number of benzene rings is 2. The zero-order chi connectivity index (χ0) is 17.1. The minimum Gasteiger partial charge on any atom is -0.486 e. The van der Waals surface area contributed by atoms with Crippen LogP contribution in [0.1, 0.15) is 5.56 Å². The second-order valence-corrected chi connectivity index (χ2v) is 6.95. The summed E-state index contributed by atoms with van der Waals surface area (Å²) in [6.07, 6.45) is 0. The predicted molar refractivity (Wildman–Crippen MR) is 98.1 cm³/mol. The Kier molecular flexibility index (Phi) is 5.30. The van der Waals surface area contributed by atoms with Crippen molar-refractivity contribution in [3.05, 3.63) is 44.8 Å². The van der Waals surface area contributed by atoms with Crippen molar-refractivity contribution in [1.29, 1.82) is 0 Å². The van der Waals surface area contributed by atoms with Gasteiger partial charge in [-0.15, -0.1) is 0 Å². The van der Waals surface area contributed by atoms with Crippen LogP contribution < -0.4 is 19.5 Å². The fourth-order valence-electron chi connectivity index (χ4n) is 2.26. The number of rotatable bonds is 4. The van der Waals surface area contributed by atoms with E-state index in [1.165, 1.54) is 0 Å². The van der Waals surface area contributed by atoms with E-state index in [2.05, 4.69) is 37.2 Å². The van der Waals surface area contributed by atoms with Gasteiger partial charge in [-0.25, -0.2) is 0 Å². The Balaban J connectivity index is 1.62. The number of aryl methyl sites for hydroxylation is 1. The third kappa shape index (κ3) is 4.02. The van der Waals surface area contributed by atoms with E-state index >= 15 is 0 Å². The Bertz CT molecular complexity index is 756. The van der Waals surface area contributed by atoms with Crippen LogP contribution in [-0.2, 0) is 4.79 Å². The van der Waals surface area contributed by atoms with Gasteiger partial charge in [-0.1, -0.05) is 0 Å². The van der Waals surface area contributed by atoms with Gasteiger partial charge in [0.2, 0.25) is 0 Å². The number of amides is 1. The molecule has 1 aliphatic heterocycles. The van der Waals surface area contributed by atoms with E-state index in [4.69, 9.17) is 14.2 Å². The van der Waals surface area contributed by atoms with Gasteiger partial charge in [0.05, 0.1) is 5.69 Å². The number of carbonyl (C=O) groups excluding carboxylic acids is 1. The highest BCUT2D eigenvalue weighted by atomic mass is 79.9. The summed E-state index contributed by atoms with van der Waals surface area (Å²) in [7, 11) is 0. The van der Waals surface area contributed by atoms with Crippen molar-refractivity contribution in [2.75, 3.05) is 25.1 Å². The Morgan fingerprint density at radius 3 is 2.50 bits per heavy atom. The number of hydrogen-bond acceptors (Lipinski definition) is 4. The molecule has 0 aromatic heterocycles. The Labute approximate surface area is 156 Å². The molecule has 2 aromatic rings. The van der Waals surface area contributed by atoms with Crippen molar-refractivity contribution in [3.8, 4) is 17.2 Å². The summed E-state index contributed by atoms with van der Waals surface area (Å²) < 4.78 is 18.1. The van der Waals surface area contributed by atoms with Gasteiger partial charge in [0.15, 0.2) is 18.1 Å². The molecule has 1 N–H and O–H groups in total. The summed E-state index contributed by atoms with van der Waals surface area (Å²) in [5, 5.41) is 2.82. The molecule has 0 atom stereocenters. The zero-order valence-corrected chi connectivity index (χ0v) is 16.1. The highest BCUT2D eigenvalue weighted by molar-refractivity contribution is 9.11. The van der Waals surface area contributed by atoms with Crippen LogP contribution in [0.5, 0.6) is 17.2 Å². The summed E-state index contributed by atoms with van der Waals surface area (Å²) >= 11 is 6.90. The average Bonchev–Trinajstić information content (AvgIpc) is 2.56. The van der Waals surface area contributed by atoms with E-state index in [-0.39, 0.29) is 12.5 Å². The standard InChI is InChI=1S/C17H15Br2NO4/c1-10-6-12(18)17(13(19)7-10)20-16(21)9-24-11-2-3-14-15(8-11)23-5-4-22-14/h2-3,6-8H,4-5,9H2,1H3,(H,20,21). The summed E-state index contributed by atoms with van der Waals surface area (Å²) in [6, 6.07) is 9.11. The molecule has 0 aliphatic carbocycles. The third-order valence-corrected chi connectivity index (χ3v) is 4.59. The number of fused-ring (bicyclic) bond motifs is 1. The van der Waals surface area contributed by atoms with Crippen molar-refractivity contribution >= 4 is 43.5 Å². The molecule has 5 nitrogen and oxygen atoms in total. The molecule has 0 fully saturated rings. The number of anilines is 1. The van der Waals surface area contributed by atoms with Gasteiger partial charge in [-0.3, -0.25) is 4.79 Å². The van der Waals surface area contributed by atoms with Crippen LogP contribution in [0.25, 0.3) is 0 Å². The van der Waals surface area contributed by atoms with Crippen LogP contribution >= 0.6 is 31.9 Å². The fourth-order valence-corrected chi connectivity index (χ4v) is 3.87. The van der Waals surface area contributed by atoms with E-state index in [9.17, 15) is 4.79 Å². The van der Waals surface area contributed by atoms with E-state index in [1.807, 2.05) is 19.1 Å². The molecule has 1 aliphatic rings. The predicted octanol–water partition coefficient (Wildman–Crippen LogP) is 4.31. The number of carbonyl (C=O) groups is 1. The highest BCUT2D eigenvalue weighted by Gasteiger charge is 2.14. The maximum Gasteiger partial charge on any atom is 0.262 e. The molecule has 0 saturated carbocycles. The van der Waals surface area contributed by atoms with Gasteiger partial charge >= 0.3 is 0 Å². The highest BCUT2D eigenvalue weighted by Crippen LogP contribution is 2.34. The van der Waals surface area contributed by atoms with Gasteiger partial charge in [0.25, 0.3) is 5.91 Å². The molecular formula is C17H15Br2NO4.